The number of halogens is 1. The molecule has 2 heterocycles. The molecule has 3 rings (SSSR count). The van der Waals surface area contributed by atoms with Gasteiger partial charge >= 0.3 is 0 Å². The Labute approximate surface area is 167 Å². The molecule has 1 aromatic carbocycles. The van der Waals surface area contributed by atoms with Crippen molar-refractivity contribution in [3.8, 4) is 6.07 Å². The van der Waals surface area contributed by atoms with Gasteiger partial charge in [0.25, 0.3) is 0 Å². The Kier molecular flexibility index (Phi) is 6.67. The van der Waals surface area contributed by atoms with Crippen molar-refractivity contribution in [2.75, 3.05) is 33.2 Å². The quantitative estimate of drug-likeness (QED) is 0.595. The molecule has 0 spiro atoms. The molecule has 0 bridgehead atoms. The predicted molar refractivity (Wildman–Crippen MR) is 110 cm³/mol. The number of hydrogen-bond donors (Lipinski definition) is 1. The molecule has 0 unspecified atom stereocenters. The summed E-state index contributed by atoms with van der Waals surface area (Å²) in [6, 6.07) is 14.2. The number of thiophene rings is 1. The zero-order chi connectivity index (χ0) is 18.4. The van der Waals surface area contributed by atoms with Crippen molar-refractivity contribution in [1.29, 1.82) is 5.26 Å². The highest BCUT2D eigenvalue weighted by Gasteiger charge is 2.20. The molecule has 0 saturated carbocycles. The molecule has 136 valence electrons. The Bertz CT molecular complexity index is 802. The Morgan fingerprint density at radius 1 is 1.27 bits per heavy atom. The fourth-order valence-corrected chi connectivity index (χ4v) is 4.56. The van der Waals surface area contributed by atoms with E-state index in [-0.39, 0.29) is 0 Å². The van der Waals surface area contributed by atoms with Gasteiger partial charge in [-0.1, -0.05) is 12.1 Å². The topological polar surface area (TPSA) is 54.7 Å². The van der Waals surface area contributed by atoms with Gasteiger partial charge in [-0.25, -0.2) is 0 Å². The van der Waals surface area contributed by atoms with E-state index in [0.29, 0.717) is 12.1 Å². The van der Waals surface area contributed by atoms with E-state index in [9.17, 15) is 0 Å². The van der Waals surface area contributed by atoms with Crippen LogP contribution in [0.4, 0.5) is 0 Å². The van der Waals surface area contributed by atoms with Gasteiger partial charge in [0.15, 0.2) is 5.96 Å². The molecule has 5 nitrogen and oxygen atoms in total. The van der Waals surface area contributed by atoms with Gasteiger partial charge in [0.2, 0.25) is 0 Å². The Morgan fingerprint density at radius 2 is 2.08 bits per heavy atom. The van der Waals surface area contributed by atoms with Gasteiger partial charge in [-0.05, 0) is 45.8 Å². The van der Waals surface area contributed by atoms with Crippen LogP contribution in [0.5, 0.6) is 0 Å². The van der Waals surface area contributed by atoms with E-state index in [4.69, 9.17) is 5.26 Å². The van der Waals surface area contributed by atoms with Gasteiger partial charge in [0.05, 0.1) is 15.4 Å². The van der Waals surface area contributed by atoms with E-state index in [1.807, 2.05) is 31.3 Å². The van der Waals surface area contributed by atoms with Crippen molar-refractivity contribution in [3.63, 3.8) is 0 Å². The van der Waals surface area contributed by atoms with Gasteiger partial charge in [-0.15, -0.1) is 11.3 Å². The van der Waals surface area contributed by atoms with Crippen LogP contribution >= 0.6 is 27.3 Å². The highest BCUT2D eigenvalue weighted by atomic mass is 79.9. The zero-order valence-corrected chi connectivity index (χ0v) is 17.2. The third-order valence-corrected chi connectivity index (χ3v) is 6.01. The van der Waals surface area contributed by atoms with Gasteiger partial charge in [0.1, 0.15) is 0 Å². The fraction of sp³-hybridized carbons (Fsp3) is 0.368. The summed E-state index contributed by atoms with van der Waals surface area (Å²) in [6.07, 6.45) is 0. The third-order valence-electron chi connectivity index (χ3n) is 4.40. The summed E-state index contributed by atoms with van der Waals surface area (Å²) in [4.78, 5) is 10.6. The highest BCUT2D eigenvalue weighted by molar-refractivity contribution is 9.11. The number of rotatable bonds is 4. The van der Waals surface area contributed by atoms with Crippen LogP contribution in [0.2, 0.25) is 0 Å². The SMILES string of the molecule is CN=C(NCc1cccc(C#N)c1)N1CCN(Cc2ccc(Br)s2)CC1. The molecule has 1 aromatic heterocycles. The first-order valence-electron chi connectivity index (χ1n) is 8.59. The Hall–Kier alpha value is -1.88. The van der Waals surface area contributed by atoms with Gasteiger partial charge in [-0.3, -0.25) is 9.89 Å². The predicted octanol–water partition coefficient (Wildman–Crippen LogP) is 3.28. The van der Waals surface area contributed by atoms with Crippen molar-refractivity contribution in [2.24, 2.45) is 4.99 Å². The first-order valence-corrected chi connectivity index (χ1v) is 10.2. The second-order valence-electron chi connectivity index (χ2n) is 6.18. The first kappa shape index (κ1) is 18.9. The van der Waals surface area contributed by atoms with Crippen molar-refractivity contribution in [2.45, 2.75) is 13.1 Å². The van der Waals surface area contributed by atoms with Crippen LogP contribution in [0, 0.1) is 11.3 Å². The maximum atomic E-state index is 9.01. The molecule has 0 radical (unpaired) electrons. The smallest absolute Gasteiger partial charge is 0.194 e. The van der Waals surface area contributed by atoms with Crippen molar-refractivity contribution >= 4 is 33.2 Å². The number of nitriles is 1. The molecule has 0 aliphatic carbocycles. The number of benzene rings is 1. The molecule has 1 aliphatic rings. The second-order valence-corrected chi connectivity index (χ2v) is 8.73. The minimum atomic E-state index is 0.672. The lowest BCUT2D eigenvalue weighted by Gasteiger charge is -2.36. The van der Waals surface area contributed by atoms with Crippen LogP contribution in [0.3, 0.4) is 0 Å². The molecule has 1 saturated heterocycles. The summed E-state index contributed by atoms with van der Waals surface area (Å²) in [6.45, 7) is 5.66. The van der Waals surface area contributed by atoms with Crippen molar-refractivity contribution in [1.82, 2.24) is 15.1 Å². The van der Waals surface area contributed by atoms with Crippen molar-refractivity contribution < 1.29 is 0 Å². The number of hydrogen-bond acceptors (Lipinski definition) is 4. The summed E-state index contributed by atoms with van der Waals surface area (Å²) in [5, 5.41) is 12.4. The maximum absolute atomic E-state index is 9.01. The third kappa shape index (κ3) is 5.07. The molecule has 1 N–H and O–H groups in total. The highest BCUT2D eigenvalue weighted by Crippen LogP contribution is 2.23. The Balaban J connectivity index is 1.49. The van der Waals surface area contributed by atoms with Crippen LogP contribution in [0.25, 0.3) is 0 Å². The summed E-state index contributed by atoms with van der Waals surface area (Å²) in [5.41, 5.74) is 1.78. The number of aliphatic imine (C=N–C) groups is 1. The standard InChI is InChI=1S/C19H22BrN5S/c1-22-19(23-13-16-4-2-3-15(11-16)12-21)25-9-7-24(8-10-25)14-17-5-6-18(20)26-17/h2-6,11H,7-10,13-14H2,1H3,(H,22,23). The van der Waals surface area contributed by atoms with Gasteiger partial charge in [-0.2, -0.15) is 5.26 Å². The average Bonchev–Trinajstić information content (AvgIpc) is 3.08. The second kappa shape index (κ2) is 9.17. The van der Waals surface area contributed by atoms with Crippen LogP contribution < -0.4 is 5.32 Å². The minimum Gasteiger partial charge on any atom is -0.352 e. The number of piperazine rings is 1. The van der Waals surface area contributed by atoms with E-state index >= 15 is 0 Å². The summed E-state index contributed by atoms with van der Waals surface area (Å²) >= 11 is 5.33. The molecule has 0 amide bonds. The molecular weight excluding hydrogens is 410 g/mol. The number of nitrogens with zero attached hydrogens (tertiary/aromatic N) is 4. The lowest BCUT2D eigenvalue weighted by molar-refractivity contribution is 0.173. The molecular formula is C19H22BrN5S. The maximum Gasteiger partial charge on any atom is 0.194 e. The molecule has 1 aliphatic heterocycles. The van der Waals surface area contributed by atoms with Crippen LogP contribution in [-0.2, 0) is 13.1 Å². The van der Waals surface area contributed by atoms with Crippen LogP contribution in [0.1, 0.15) is 16.0 Å². The molecule has 2 aromatic rings. The van der Waals surface area contributed by atoms with Crippen molar-refractivity contribution in [3.05, 3.63) is 56.2 Å². The summed E-state index contributed by atoms with van der Waals surface area (Å²) < 4.78 is 1.19. The Morgan fingerprint density at radius 3 is 2.73 bits per heavy atom. The fourth-order valence-electron chi connectivity index (χ4n) is 3.04. The lowest BCUT2D eigenvalue weighted by Crippen LogP contribution is -2.51. The first-order chi connectivity index (χ1) is 12.7. The van der Waals surface area contributed by atoms with E-state index in [1.54, 1.807) is 11.3 Å². The van der Waals surface area contributed by atoms with Gasteiger partial charge in [0, 0.05) is 51.2 Å². The van der Waals surface area contributed by atoms with Gasteiger partial charge < -0.3 is 10.2 Å². The van der Waals surface area contributed by atoms with Crippen LogP contribution in [-0.4, -0.2) is 49.0 Å². The molecule has 0 atom stereocenters. The number of guanidine groups is 1. The minimum absolute atomic E-state index is 0.672. The average molecular weight is 432 g/mol. The largest absolute Gasteiger partial charge is 0.352 e. The van der Waals surface area contributed by atoms with E-state index < -0.39 is 0 Å². The monoisotopic (exact) mass is 431 g/mol. The summed E-state index contributed by atoms with van der Waals surface area (Å²) in [5.74, 6) is 0.922. The van der Waals surface area contributed by atoms with E-state index in [2.05, 4.69) is 54.2 Å². The molecule has 1 fully saturated rings. The normalized spacial score (nSPS) is 15.7. The van der Waals surface area contributed by atoms with Crippen LogP contribution in [0.15, 0.2) is 45.2 Å². The zero-order valence-electron chi connectivity index (χ0n) is 14.8. The molecule has 7 heteroatoms. The molecule has 26 heavy (non-hydrogen) atoms. The number of nitrogens with one attached hydrogen (secondary N) is 1. The lowest BCUT2D eigenvalue weighted by atomic mass is 10.1. The van der Waals surface area contributed by atoms with E-state index in [0.717, 1.165) is 44.2 Å². The summed E-state index contributed by atoms with van der Waals surface area (Å²) in [7, 11) is 1.82. The van der Waals surface area contributed by atoms with E-state index in [1.165, 1.54) is 8.66 Å².